The third kappa shape index (κ3) is 33.3. The van der Waals surface area contributed by atoms with Gasteiger partial charge >= 0.3 is 29.8 Å². The molecule has 16 unspecified atom stereocenters. The molecule has 644 valence electrons. The number of unbranched alkanes of at least 4 members (excludes halogenated alkanes) is 4. The van der Waals surface area contributed by atoms with E-state index in [1.54, 1.807) is 30.5 Å². The first kappa shape index (κ1) is 98.3. The predicted molar refractivity (Wildman–Crippen MR) is 407 cm³/mol. The van der Waals surface area contributed by atoms with Gasteiger partial charge in [0.2, 0.25) is 88.6 Å². The van der Waals surface area contributed by atoms with Crippen LogP contribution in [0.15, 0.2) is 30.5 Å². The number of nitrogens with one attached hydrogen (secondary N) is 13. The van der Waals surface area contributed by atoms with Crippen LogP contribution in [0, 0.1) is 17.8 Å². The number of carbonyl (C=O) groups is 20. The summed E-state index contributed by atoms with van der Waals surface area (Å²) in [5.74, 6) is -29.7. The molecule has 1 saturated heterocycles. The zero-order valence-electron chi connectivity index (χ0n) is 66.2. The number of para-hydroxylation sites is 1. The number of H-pyrrole nitrogens is 1. The van der Waals surface area contributed by atoms with Gasteiger partial charge in [0.05, 0.1) is 45.2 Å². The number of aromatic amines is 1. The van der Waals surface area contributed by atoms with E-state index in [1.807, 2.05) is 5.32 Å². The number of likely N-dealkylation sites (N-methyl/N-ethyl adjacent to an activating group) is 1. The van der Waals surface area contributed by atoms with Gasteiger partial charge in [-0.25, -0.2) is 9.59 Å². The highest BCUT2D eigenvalue weighted by atomic mass is 16.5. The largest absolute Gasteiger partial charge is 0.481 e. The molecular weight excluding hydrogens is 1530 g/mol. The maximum atomic E-state index is 15.0. The van der Waals surface area contributed by atoms with Crippen LogP contribution in [0.1, 0.15) is 157 Å². The molecule has 1 fully saturated rings. The average molecular weight is 1640 g/mol. The number of fused-ring (bicyclic) bond motifs is 1. The van der Waals surface area contributed by atoms with Gasteiger partial charge in [-0.3, -0.25) is 86.3 Å². The number of nitrogens with zero attached hydrogens (tertiary/aromatic N) is 1. The summed E-state index contributed by atoms with van der Waals surface area (Å²) in [6.45, 7) is 7.97. The first-order chi connectivity index (χ1) is 54.5. The highest BCUT2D eigenvalue weighted by molar-refractivity contribution is 6.02. The number of cyclic esters (lactones) is 1. The van der Waals surface area contributed by atoms with E-state index in [-0.39, 0.29) is 45.1 Å². The van der Waals surface area contributed by atoms with Crippen LogP contribution < -0.4 is 81.0 Å². The molecule has 1 aliphatic rings. The number of amides is 15. The number of carboxylic acid groups (broad SMARTS) is 4. The van der Waals surface area contributed by atoms with Gasteiger partial charge in [0.1, 0.15) is 72.6 Å². The third-order valence-corrected chi connectivity index (χ3v) is 19.1. The molecule has 43 nitrogen and oxygen atoms in total. The van der Waals surface area contributed by atoms with Crippen molar-refractivity contribution in [3.8, 4) is 0 Å². The second-order valence-electron chi connectivity index (χ2n) is 28.6. The summed E-state index contributed by atoms with van der Waals surface area (Å²) < 4.78 is 10.8. The minimum atomic E-state index is -2.32. The summed E-state index contributed by atoms with van der Waals surface area (Å²) in [7, 11) is 1.73. The number of carboxylic acids is 4. The van der Waals surface area contributed by atoms with Crippen molar-refractivity contribution in [3.05, 3.63) is 36.0 Å². The number of nitrogens with two attached hydrogens (primary N) is 3. The van der Waals surface area contributed by atoms with E-state index in [0.29, 0.717) is 40.1 Å². The number of hydrogen-bond acceptors (Lipinski definition) is 23. The fraction of sp³-hybridized carbons (Fsp3) is 0.616. The quantitative estimate of drug-likeness (QED) is 0.0223. The Morgan fingerprint density at radius 2 is 1.18 bits per heavy atom. The van der Waals surface area contributed by atoms with E-state index in [2.05, 4.69) is 77.3 Å². The lowest BCUT2D eigenvalue weighted by Gasteiger charge is -2.32. The van der Waals surface area contributed by atoms with Crippen molar-refractivity contribution in [1.82, 2.24) is 73.7 Å². The predicted octanol–water partition coefficient (Wildman–Crippen LogP) is -4.94. The molecule has 1 aromatic carbocycles. The number of rotatable bonds is 37. The molecule has 0 aliphatic carbocycles. The molecule has 2 aromatic rings. The molecule has 2 heterocycles. The topological polar surface area (TPSA) is 682 Å². The lowest BCUT2D eigenvalue weighted by atomic mass is 9.94. The van der Waals surface area contributed by atoms with E-state index >= 15 is 0 Å². The highest BCUT2D eigenvalue weighted by Gasteiger charge is 2.43. The molecular formula is C73H111N17O26. The first-order valence-corrected chi connectivity index (χ1v) is 37.8. The maximum absolute atomic E-state index is 15.0. The Balaban J connectivity index is 2.26. The smallest absolute Gasteiger partial charge is 0.335 e. The van der Waals surface area contributed by atoms with Crippen molar-refractivity contribution in [1.29, 1.82) is 0 Å². The van der Waals surface area contributed by atoms with E-state index in [4.69, 9.17) is 26.7 Å². The fourth-order valence-corrected chi connectivity index (χ4v) is 12.1. The van der Waals surface area contributed by atoms with Crippen LogP contribution in [-0.2, 0) is 112 Å². The number of ether oxygens (including phenoxy) is 2. The summed E-state index contributed by atoms with van der Waals surface area (Å²) in [6.07, 6.45) is -3.75. The molecule has 23 N–H and O–H groups in total. The third-order valence-electron chi connectivity index (χ3n) is 19.1. The molecule has 1 aromatic heterocycles. The lowest BCUT2D eigenvalue weighted by Crippen LogP contribution is -2.62. The monoisotopic (exact) mass is 1640 g/mol. The summed E-state index contributed by atoms with van der Waals surface area (Å²) in [6, 6.07) is -15.1. The number of esters is 1. The SMILES string of the molecule is CCC(C)CCCCCCC(=O)NC(Cc1c[nH]c2ccccc12)C(=O)NC(CC(N)=O)C(=O)NC(CC(=O)O)C(=O)NC1C(=O)N(C)CC(=O)NC(C)C(=O)NC(CC(=O)O)C(=O)NC(CCCCN)C(=O)NC(C(OC)C(=O)O)C(=O)NCC(=O)NC(CC(N)=O)C(=O)NC(C(C)CC(=O)O)C(=O)NC(C(C)CC)C(=O)OC1C. The zero-order chi connectivity index (χ0) is 87.4. The molecule has 16 atom stereocenters. The van der Waals surface area contributed by atoms with Crippen LogP contribution in [0.25, 0.3) is 10.9 Å². The van der Waals surface area contributed by atoms with E-state index < -0.39 is 254 Å². The number of benzene rings is 1. The molecule has 1 aliphatic heterocycles. The van der Waals surface area contributed by atoms with Crippen LogP contribution in [0.4, 0.5) is 0 Å². The Hall–Kier alpha value is -11.9. The number of carbonyl (C=O) groups excluding carboxylic acids is 16. The summed E-state index contributed by atoms with van der Waals surface area (Å²) in [5.41, 5.74) is 17.9. The minimum absolute atomic E-state index is 0.00655. The van der Waals surface area contributed by atoms with Gasteiger partial charge < -0.3 is 121 Å². The molecule has 0 radical (unpaired) electrons. The fourth-order valence-electron chi connectivity index (χ4n) is 12.1. The summed E-state index contributed by atoms with van der Waals surface area (Å²) in [4.78, 5) is 278. The van der Waals surface area contributed by atoms with E-state index in [1.165, 1.54) is 13.8 Å². The molecule has 0 bridgehead atoms. The molecule has 15 amide bonds. The van der Waals surface area contributed by atoms with Gasteiger partial charge in [0.15, 0.2) is 6.10 Å². The van der Waals surface area contributed by atoms with Gasteiger partial charge in [-0.1, -0.05) is 91.3 Å². The molecule has 43 heteroatoms. The number of hydrogen-bond donors (Lipinski definition) is 20. The lowest BCUT2D eigenvalue weighted by molar-refractivity contribution is -0.159. The van der Waals surface area contributed by atoms with Gasteiger partial charge in [0, 0.05) is 44.1 Å². The Bertz CT molecular complexity index is 3860. The summed E-state index contributed by atoms with van der Waals surface area (Å²) in [5, 5.41) is 67.6. The molecule has 3 rings (SSSR count). The second-order valence-corrected chi connectivity index (χ2v) is 28.6. The van der Waals surface area contributed by atoms with Crippen LogP contribution >= 0.6 is 0 Å². The molecule has 0 saturated carbocycles. The molecule has 0 spiro atoms. The van der Waals surface area contributed by atoms with Crippen molar-refractivity contribution in [2.45, 2.75) is 236 Å². The van der Waals surface area contributed by atoms with Crippen LogP contribution in [0.3, 0.4) is 0 Å². The van der Waals surface area contributed by atoms with Crippen LogP contribution in [0.2, 0.25) is 0 Å². The van der Waals surface area contributed by atoms with Crippen molar-refractivity contribution in [2.75, 3.05) is 33.8 Å². The van der Waals surface area contributed by atoms with Gasteiger partial charge in [-0.15, -0.1) is 0 Å². The number of methoxy groups -OCH3 is 1. The normalized spacial score (nSPS) is 22.1. The van der Waals surface area contributed by atoms with E-state index in [9.17, 15) is 116 Å². The Labute approximate surface area is 667 Å². The van der Waals surface area contributed by atoms with Crippen molar-refractivity contribution in [2.24, 2.45) is 35.0 Å². The summed E-state index contributed by atoms with van der Waals surface area (Å²) >= 11 is 0. The zero-order valence-corrected chi connectivity index (χ0v) is 66.2. The Kier molecular flexibility index (Phi) is 41.5. The van der Waals surface area contributed by atoms with Crippen molar-refractivity contribution >= 4 is 129 Å². The van der Waals surface area contributed by atoms with Crippen LogP contribution in [-0.4, -0.2) is 261 Å². The van der Waals surface area contributed by atoms with Crippen LogP contribution in [0.5, 0.6) is 0 Å². The van der Waals surface area contributed by atoms with E-state index in [0.717, 1.165) is 60.6 Å². The van der Waals surface area contributed by atoms with Gasteiger partial charge in [-0.2, -0.15) is 0 Å². The maximum Gasteiger partial charge on any atom is 0.335 e. The number of aromatic nitrogens is 1. The number of aliphatic carboxylic acids is 4. The Morgan fingerprint density at radius 3 is 1.78 bits per heavy atom. The standard InChI is InChI=1S/C73H111N17O26/c1-10-35(3)20-14-12-13-15-24-51(93)80-44(27-40-32-77-42-22-17-16-21-41(40)42)64(104)84-46(29-50(76)92)65(105)85-48(31-56(100)101)68(108)88-59-39(7)116-73(114)58(36(4)11-2)87-70(110)57(37(5)26-54(96)97)86-67(107)45(28-49(75)91)81-52(94)33-78-69(109)60(61(115-9)72(112)113)89-63(103)43(23-18-19-25-74)82-66(106)47(30-55(98)99)83-62(102)38(6)79-53(95)34-90(8)71(59)111/h16-17,21-22,32,35-39,43-48,57-61,77H,10-15,18-20,23-31,33-34,74H2,1-9H3,(H2,75,91)(H2,76,92)(H,78,109)(H,79,95)(H,80,93)(H,81,94)(H,82,106)(H,83,102)(H,84,104)(H,85,105)(H,86,107)(H,87,110)(H,88,108)(H,89,103)(H,96,97)(H,98,99)(H,100,101)(H,112,113). The average Bonchev–Trinajstić information content (AvgIpc) is 1.63. The van der Waals surface area contributed by atoms with Gasteiger partial charge in [-0.05, 0) is 75.5 Å². The minimum Gasteiger partial charge on any atom is -0.481 e. The molecule has 116 heavy (non-hydrogen) atoms. The van der Waals surface area contributed by atoms with Crippen molar-refractivity contribution < 1.29 is 126 Å². The van der Waals surface area contributed by atoms with Crippen molar-refractivity contribution in [3.63, 3.8) is 0 Å². The number of primary amides is 2. The highest BCUT2D eigenvalue weighted by Crippen LogP contribution is 2.22. The first-order valence-electron chi connectivity index (χ1n) is 37.8. The second kappa shape index (κ2) is 49.0. The Morgan fingerprint density at radius 1 is 0.595 bits per heavy atom. The van der Waals surface area contributed by atoms with Gasteiger partial charge in [0.25, 0.3) is 0 Å².